The van der Waals surface area contributed by atoms with Gasteiger partial charge in [-0.1, -0.05) is 131 Å². The summed E-state index contributed by atoms with van der Waals surface area (Å²) < 4.78 is 4.62. The zero-order valence-electron chi connectivity index (χ0n) is 56.9. The van der Waals surface area contributed by atoms with Crippen LogP contribution >= 0.6 is 15.9 Å². The molecule has 0 unspecified atom stereocenters. The molecule has 16 nitrogen and oxygen atoms in total. The average molecular weight is 1360 g/mol. The maximum absolute atomic E-state index is 13.2. The van der Waals surface area contributed by atoms with Crippen molar-refractivity contribution in [2.24, 2.45) is 5.73 Å². The van der Waals surface area contributed by atoms with Crippen molar-refractivity contribution in [3.05, 3.63) is 178 Å². The van der Waals surface area contributed by atoms with Crippen LogP contribution in [-0.2, 0) is 36.2 Å². The van der Waals surface area contributed by atoms with E-state index in [9.17, 15) is 14.4 Å². The van der Waals surface area contributed by atoms with Crippen molar-refractivity contribution in [2.45, 2.75) is 143 Å². The van der Waals surface area contributed by atoms with Gasteiger partial charge in [0.1, 0.15) is 0 Å². The van der Waals surface area contributed by atoms with Crippen molar-refractivity contribution in [1.82, 2.24) is 54.3 Å². The molecule has 2 amide bonds. The maximum Gasteiger partial charge on any atom is 0.338 e. The molecule has 0 aromatic heterocycles. The highest BCUT2D eigenvalue weighted by Crippen LogP contribution is 2.39. The van der Waals surface area contributed by atoms with Crippen LogP contribution in [0.15, 0.2) is 133 Å². The van der Waals surface area contributed by atoms with E-state index in [0.29, 0.717) is 10.9 Å². The molecule has 3 N–H and O–H groups in total. The van der Waals surface area contributed by atoms with Gasteiger partial charge in [0.2, 0.25) is 0 Å². The lowest BCUT2D eigenvalue weighted by Gasteiger charge is -2.53. The van der Waals surface area contributed by atoms with E-state index in [2.05, 4.69) is 154 Å². The molecule has 11 aliphatic rings. The van der Waals surface area contributed by atoms with Crippen LogP contribution in [0.1, 0.15) is 136 Å². The molecule has 17 heteroatoms. The second-order valence-corrected chi connectivity index (χ2v) is 29.9. The molecule has 16 rings (SSSR count). The van der Waals surface area contributed by atoms with Gasteiger partial charge in [-0.05, 0) is 136 Å². The van der Waals surface area contributed by atoms with Gasteiger partial charge >= 0.3 is 5.97 Å². The number of carbonyl (C=O) groups is 3. The fraction of sp³-hybridized carbons (Fsp3) is 0.577. The first-order valence-corrected chi connectivity index (χ1v) is 37.5. The van der Waals surface area contributed by atoms with Gasteiger partial charge in [-0.2, -0.15) is 0 Å². The molecule has 6 saturated heterocycles. The lowest BCUT2D eigenvalue weighted by molar-refractivity contribution is -0.0299. The van der Waals surface area contributed by atoms with Gasteiger partial charge in [0.05, 0.1) is 12.7 Å². The molecule has 0 atom stereocenters. The van der Waals surface area contributed by atoms with Crippen molar-refractivity contribution < 1.29 is 19.1 Å². The van der Waals surface area contributed by atoms with E-state index in [1.54, 1.807) is 6.07 Å². The lowest BCUT2D eigenvalue weighted by atomic mass is 9.84. The zero-order chi connectivity index (χ0) is 65.2. The van der Waals surface area contributed by atoms with E-state index in [-0.39, 0.29) is 34.4 Å². The number of amides is 2. The van der Waals surface area contributed by atoms with Gasteiger partial charge in [-0.3, -0.25) is 48.8 Å². The summed E-state index contributed by atoms with van der Waals surface area (Å²) in [5.74, 6) is 0.175. The molecule has 95 heavy (non-hydrogen) atoms. The van der Waals surface area contributed by atoms with E-state index in [1.807, 2.05) is 48.5 Å². The Morgan fingerprint density at radius 2 is 0.842 bits per heavy atom. The minimum Gasteiger partial charge on any atom is -0.465 e. The van der Waals surface area contributed by atoms with E-state index in [4.69, 9.17) is 5.73 Å². The predicted molar refractivity (Wildman–Crippen MR) is 383 cm³/mol. The fourth-order valence-corrected chi connectivity index (χ4v) is 17.7. The van der Waals surface area contributed by atoms with Crippen molar-refractivity contribution in [3.63, 3.8) is 0 Å². The van der Waals surface area contributed by atoms with Gasteiger partial charge in [-0.15, -0.1) is 0 Å². The molecule has 0 radical (unpaired) electrons. The maximum atomic E-state index is 13.2. The SMILES string of the molecule is COC(=O)c1ccccc1CBr.NCC1(N2CCN(C3CC3)CC2)CCN(Cc2ccccc2)CC1.O=C1c2ccccc2CN1CC1(N2CCN(C3CC3)CC2)CCN(Cc2ccccc2)CC1.O=C1c2ccccc2CN1CC1(N2CCN(C3CC3)CC2)CCNCC1. The number of rotatable bonds is 17. The van der Waals surface area contributed by atoms with Crippen LogP contribution in [0.3, 0.4) is 0 Å². The normalized spacial score (nSPS) is 23.7. The van der Waals surface area contributed by atoms with E-state index in [0.717, 1.165) is 159 Å². The number of carbonyl (C=O) groups excluding carboxylic acids is 3. The fourth-order valence-electron chi connectivity index (χ4n) is 17.2. The summed E-state index contributed by atoms with van der Waals surface area (Å²) in [5.41, 5.74) is 15.4. The summed E-state index contributed by atoms with van der Waals surface area (Å²) >= 11 is 3.30. The number of piperazine rings is 3. The number of hydrogen-bond donors (Lipinski definition) is 2. The standard InChI is InChI=1S/C28H36N4O.C21H30N4O.C20H32N4.C9H9BrO2/c33-27-26-9-5-4-8-24(26)21-31(27)22-28(32-18-16-30(17-19-32)25-10-11-25)12-14-29(15-13-28)20-23-6-2-1-3-7-23;26-20-19-4-2-1-3-17(19)15-24(20)16-21(7-9-22-10-8-21)25-13-11-23(12-14-25)18-5-6-18;21-17-20(24-14-12-23(13-15-24)19-6-7-19)8-10-22(11-9-20)16-18-4-2-1-3-5-18;1-12-9(11)8-5-3-2-4-7(8)6-10/h1-9,25H,10-22H2;1-4,18,22H,5-16H2;1-5,19H,6-17,21H2;2-5H,6H2,1H3. The second kappa shape index (κ2) is 31.6. The summed E-state index contributed by atoms with van der Waals surface area (Å²) in [6, 6.07) is 48.0. The number of esters is 1. The molecular formula is C78H107BrN12O4. The van der Waals surface area contributed by atoms with Crippen LogP contribution in [0.4, 0.5) is 0 Å². The molecule has 8 aliphatic heterocycles. The summed E-state index contributed by atoms with van der Waals surface area (Å²) in [6.45, 7) is 27.2. The quantitative estimate of drug-likeness (QED) is 0.0678. The van der Waals surface area contributed by atoms with Crippen LogP contribution in [-0.4, -0.2) is 246 Å². The first-order chi connectivity index (χ1) is 46.5. The third kappa shape index (κ3) is 16.7. The molecule has 8 heterocycles. The number of piperidine rings is 3. The van der Waals surface area contributed by atoms with Crippen molar-refractivity contribution >= 4 is 33.7 Å². The Morgan fingerprint density at radius 3 is 1.23 bits per heavy atom. The summed E-state index contributed by atoms with van der Waals surface area (Å²) in [6.07, 6.45) is 15.5. The van der Waals surface area contributed by atoms with Crippen LogP contribution in [0.2, 0.25) is 0 Å². The van der Waals surface area contributed by atoms with Crippen LogP contribution in [0.5, 0.6) is 0 Å². The minimum atomic E-state index is -0.287. The van der Waals surface area contributed by atoms with Gasteiger partial charge in [0, 0.05) is 202 Å². The number of alkyl halides is 1. The smallest absolute Gasteiger partial charge is 0.338 e. The summed E-state index contributed by atoms with van der Waals surface area (Å²) in [5, 5.41) is 4.19. The highest BCUT2D eigenvalue weighted by molar-refractivity contribution is 9.08. The minimum absolute atomic E-state index is 0.0977. The molecule has 3 saturated carbocycles. The van der Waals surface area contributed by atoms with Crippen molar-refractivity contribution in [2.75, 3.05) is 145 Å². The molecule has 5 aromatic carbocycles. The first-order valence-electron chi connectivity index (χ1n) is 36.4. The Hall–Kier alpha value is -5.41. The monoisotopic (exact) mass is 1350 g/mol. The van der Waals surface area contributed by atoms with Crippen LogP contribution in [0, 0.1) is 0 Å². The zero-order valence-corrected chi connectivity index (χ0v) is 58.5. The number of hydrogen-bond acceptors (Lipinski definition) is 14. The molecule has 0 bridgehead atoms. The number of likely N-dealkylation sites (tertiary alicyclic amines) is 2. The second-order valence-electron chi connectivity index (χ2n) is 29.3. The number of nitrogens with one attached hydrogen (secondary N) is 1. The Balaban J connectivity index is 0.000000120. The Morgan fingerprint density at radius 1 is 0.474 bits per heavy atom. The highest BCUT2D eigenvalue weighted by atomic mass is 79.9. The van der Waals surface area contributed by atoms with Crippen LogP contribution < -0.4 is 11.1 Å². The van der Waals surface area contributed by atoms with E-state index in [1.165, 1.54) is 146 Å². The van der Waals surface area contributed by atoms with E-state index >= 15 is 0 Å². The van der Waals surface area contributed by atoms with Crippen molar-refractivity contribution in [1.29, 1.82) is 0 Å². The number of fused-ring (bicyclic) bond motifs is 2. The molecule has 3 aliphatic carbocycles. The third-order valence-electron chi connectivity index (χ3n) is 23.5. The number of nitrogens with zero attached hydrogens (tertiary/aromatic N) is 10. The Labute approximate surface area is 575 Å². The number of nitrogens with two attached hydrogens (primary N) is 1. The Kier molecular flexibility index (Phi) is 22.7. The average Bonchev–Trinajstić information content (AvgIpc) is 1.48. The van der Waals surface area contributed by atoms with Gasteiger partial charge in [-0.25, -0.2) is 4.79 Å². The molecule has 0 spiro atoms. The highest BCUT2D eigenvalue weighted by Gasteiger charge is 2.48. The van der Waals surface area contributed by atoms with Gasteiger partial charge < -0.3 is 25.6 Å². The van der Waals surface area contributed by atoms with Crippen LogP contribution in [0.25, 0.3) is 0 Å². The largest absolute Gasteiger partial charge is 0.465 e. The molecule has 9 fully saturated rings. The first kappa shape index (κ1) is 68.1. The molecule has 510 valence electrons. The van der Waals surface area contributed by atoms with Crippen molar-refractivity contribution in [3.8, 4) is 0 Å². The Bertz CT molecular complexity index is 3280. The summed E-state index contributed by atoms with van der Waals surface area (Å²) in [7, 11) is 1.38. The third-order valence-corrected chi connectivity index (χ3v) is 24.1. The number of halogens is 1. The predicted octanol–water partition coefficient (Wildman–Crippen LogP) is 9.13. The number of benzene rings is 5. The molecule has 5 aromatic rings. The van der Waals surface area contributed by atoms with Gasteiger partial charge in [0.15, 0.2) is 0 Å². The van der Waals surface area contributed by atoms with E-state index < -0.39 is 0 Å². The lowest BCUT2D eigenvalue weighted by Crippen LogP contribution is -2.64. The number of ether oxygens (including phenoxy) is 1. The van der Waals surface area contributed by atoms with Gasteiger partial charge in [0.25, 0.3) is 11.8 Å². The molecular weight excluding hydrogens is 1250 g/mol. The topological polar surface area (TPSA) is 131 Å². The summed E-state index contributed by atoms with van der Waals surface area (Å²) in [4.78, 5) is 63.1. The number of methoxy groups -OCH3 is 1.